The molecule has 1 saturated carbocycles. The Morgan fingerprint density at radius 1 is 1.22 bits per heavy atom. The van der Waals surface area contributed by atoms with Crippen molar-refractivity contribution in [1.82, 2.24) is 0 Å². The molecule has 96 valence electrons. The number of amidine groups is 1. The van der Waals surface area contributed by atoms with Gasteiger partial charge in [0.05, 0.1) is 0 Å². The van der Waals surface area contributed by atoms with Crippen LogP contribution in [0.4, 0.5) is 5.69 Å². The van der Waals surface area contributed by atoms with Gasteiger partial charge in [-0.3, -0.25) is 5.41 Å². The molecule has 0 radical (unpaired) electrons. The molecule has 0 amide bonds. The van der Waals surface area contributed by atoms with Gasteiger partial charge in [0, 0.05) is 18.2 Å². The van der Waals surface area contributed by atoms with Crippen LogP contribution in [-0.4, -0.2) is 12.4 Å². The third kappa shape index (κ3) is 2.05. The van der Waals surface area contributed by atoms with Crippen LogP contribution in [0.25, 0.3) is 0 Å². The van der Waals surface area contributed by atoms with Gasteiger partial charge in [0.25, 0.3) is 0 Å². The Morgan fingerprint density at radius 3 is 2.78 bits per heavy atom. The number of hydrogen-bond acceptors (Lipinski definition) is 1. The fraction of sp³-hybridized carbons (Fsp3) is 0.562. The van der Waals surface area contributed by atoms with Crippen molar-refractivity contribution in [2.45, 2.75) is 45.4 Å². The molecular weight excluding hydrogens is 220 g/mol. The lowest BCUT2D eigenvalue weighted by molar-refractivity contribution is 0.682. The van der Waals surface area contributed by atoms with E-state index in [2.05, 4.69) is 30.0 Å². The van der Waals surface area contributed by atoms with Gasteiger partial charge in [-0.15, -0.1) is 0 Å². The van der Waals surface area contributed by atoms with E-state index in [0.29, 0.717) is 5.92 Å². The predicted octanol–water partition coefficient (Wildman–Crippen LogP) is 3.92. The van der Waals surface area contributed by atoms with Crippen molar-refractivity contribution >= 4 is 11.5 Å². The van der Waals surface area contributed by atoms with E-state index in [-0.39, 0.29) is 0 Å². The van der Waals surface area contributed by atoms with Gasteiger partial charge in [0.15, 0.2) is 0 Å². The third-order valence-electron chi connectivity index (χ3n) is 4.39. The first-order chi connectivity index (χ1) is 8.75. The van der Waals surface area contributed by atoms with Gasteiger partial charge < -0.3 is 4.90 Å². The van der Waals surface area contributed by atoms with Crippen molar-refractivity contribution < 1.29 is 0 Å². The molecule has 1 aliphatic heterocycles. The highest BCUT2D eigenvalue weighted by Crippen LogP contribution is 2.33. The molecular formula is C16H22N2. The quantitative estimate of drug-likeness (QED) is 0.586. The van der Waals surface area contributed by atoms with Crippen molar-refractivity contribution in [3.63, 3.8) is 0 Å². The molecule has 1 fully saturated rings. The molecule has 18 heavy (non-hydrogen) atoms. The summed E-state index contributed by atoms with van der Waals surface area (Å²) in [5.74, 6) is 1.38. The Kier molecular flexibility index (Phi) is 3.11. The molecule has 0 spiro atoms. The summed E-state index contributed by atoms with van der Waals surface area (Å²) in [6.07, 6.45) is 7.41. The molecule has 2 heteroatoms. The number of anilines is 1. The molecule has 0 bridgehead atoms. The van der Waals surface area contributed by atoms with E-state index < -0.39 is 0 Å². The topological polar surface area (TPSA) is 27.1 Å². The van der Waals surface area contributed by atoms with Crippen molar-refractivity contribution in [1.29, 1.82) is 5.41 Å². The molecule has 1 aromatic rings. The van der Waals surface area contributed by atoms with Crippen LogP contribution in [0.1, 0.15) is 43.2 Å². The van der Waals surface area contributed by atoms with Crippen LogP contribution < -0.4 is 4.90 Å². The Hall–Kier alpha value is -1.31. The van der Waals surface area contributed by atoms with Gasteiger partial charge in [0.2, 0.25) is 0 Å². The Balaban J connectivity index is 1.88. The number of benzene rings is 1. The molecule has 0 saturated heterocycles. The minimum atomic E-state index is 0.511. The monoisotopic (exact) mass is 242 g/mol. The highest BCUT2D eigenvalue weighted by Gasteiger charge is 2.27. The molecule has 1 aliphatic carbocycles. The smallest absolute Gasteiger partial charge is 0.103 e. The summed E-state index contributed by atoms with van der Waals surface area (Å²) in [4.78, 5) is 2.27. The first kappa shape index (κ1) is 11.8. The number of fused-ring (bicyclic) bond motifs is 1. The van der Waals surface area contributed by atoms with Crippen LogP contribution in [-0.2, 0) is 6.42 Å². The first-order valence-corrected chi connectivity index (χ1v) is 7.21. The molecule has 1 heterocycles. The number of nitrogens with zero attached hydrogens (tertiary/aromatic N) is 1. The summed E-state index contributed by atoms with van der Waals surface area (Å²) in [5, 5.41) is 8.49. The van der Waals surface area contributed by atoms with E-state index >= 15 is 0 Å². The van der Waals surface area contributed by atoms with Crippen LogP contribution in [0.3, 0.4) is 0 Å². The third-order valence-corrected chi connectivity index (χ3v) is 4.39. The summed E-state index contributed by atoms with van der Waals surface area (Å²) < 4.78 is 0. The average molecular weight is 242 g/mol. The fourth-order valence-corrected chi connectivity index (χ4v) is 3.40. The van der Waals surface area contributed by atoms with Gasteiger partial charge >= 0.3 is 0 Å². The van der Waals surface area contributed by atoms with E-state index in [1.165, 1.54) is 55.3 Å². The number of hydrogen-bond donors (Lipinski definition) is 1. The zero-order valence-electron chi connectivity index (χ0n) is 11.2. The minimum absolute atomic E-state index is 0.511. The van der Waals surface area contributed by atoms with Crippen LogP contribution in [0.15, 0.2) is 18.2 Å². The van der Waals surface area contributed by atoms with Gasteiger partial charge in [-0.2, -0.15) is 0 Å². The highest BCUT2D eigenvalue weighted by molar-refractivity contribution is 5.98. The lowest BCUT2D eigenvalue weighted by atomic mass is 9.97. The zero-order valence-corrected chi connectivity index (χ0v) is 11.2. The Morgan fingerprint density at radius 2 is 2.00 bits per heavy atom. The van der Waals surface area contributed by atoms with Gasteiger partial charge in [-0.1, -0.05) is 30.5 Å². The maximum absolute atomic E-state index is 8.49. The second-order valence-electron chi connectivity index (χ2n) is 5.75. The fourth-order valence-electron chi connectivity index (χ4n) is 3.40. The van der Waals surface area contributed by atoms with Crippen molar-refractivity contribution in [3.8, 4) is 0 Å². The lowest BCUT2D eigenvalue weighted by Gasteiger charge is -2.34. The molecule has 3 rings (SSSR count). The van der Waals surface area contributed by atoms with Gasteiger partial charge in [0.1, 0.15) is 5.84 Å². The summed E-state index contributed by atoms with van der Waals surface area (Å²) in [6, 6.07) is 6.69. The summed E-state index contributed by atoms with van der Waals surface area (Å²) in [5.41, 5.74) is 4.07. The van der Waals surface area contributed by atoms with E-state index in [1.807, 2.05) is 0 Å². The Labute approximate surface area is 110 Å². The number of nitrogens with one attached hydrogen (secondary N) is 1. The number of aryl methyl sites for hydroxylation is 2. The normalized spacial score (nSPS) is 19.9. The number of rotatable bonds is 1. The van der Waals surface area contributed by atoms with Gasteiger partial charge in [-0.05, 0) is 44.2 Å². The van der Waals surface area contributed by atoms with E-state index in [9.17, 15) is 0 Å². The molecule has 0 atom stereocenters. The highest BCUT2D eigenvalue weighted by atomic mass is 15.2. The predicted molar refractivity (Wildman–Crippen MR) is 76.5 cm³/mol. The Bertz CT molecular complexity index is 458. The van der Waals surface area contributed by atoms with E-state index in [4.69, 9.17) is 5.41 Å². The minimum Gasteiger partial charge on any atom is -0.330 e. The first-order valence-electron chi connectivity index (χ1n) is 7.21. The van der Waals surface area contributed by atoms with Crippen LogP contribution >= 0.6 is 0 Å². The molecule has 0 unspecified atom stereocenters. The van der Waals surface area contributed by atoms with Crippen LogP contribution in [0, 0.1) is 18.3 Å². The van der Waals surface area contributed by atoms with Crippen LogP contribution in [0.2, 0.25) is 0 Å². The standard InChI is InChI=1S/C16H22N2/c1-12-8-9-15-14(11-12)7-4-10-18(15)16(17)13-5-2-3-6-13/h8-9,11,13,17H,2-7,10H2,1H3. The van der Waals surface area contributed by atoms with Crippen molar-refractivity contribution in [2.24, 2.45) is 5.92 Å². The second kappa shape index (κ2) is 4.75. The average Bonchev–Trinajstić information content (AvgIpc) is 2.90. The molecule has 2 aliphatic rings. The molecule has 2 nitrogen and oxygen atoms in total. The SMILES string of the molecule is Cc1ccc2c(c1)CCCN2C(=N)C1CCCC1. The van der Waals surface area contributed by atoms with Gasteiger partial charge in [-0.25, -0.2) is 0 Å². The van der Waals surface area contributed by atoms with E-state index in [0.717, 1.165) is 12.4 Å². The van der Waals surface area contributed by atoms with Crippen LogP contribution in [0.5, 0.6) is 0 Å². The maximum atomic E-state index is 8.49. The van der Waals surface area contributed by atoms with Crippen molar-refractivity contribution in [2.75, 3.05) is 11.4 Å². The zero-order chi connectivity index (χ0) is 12.5. The van der Waals surface area contributed by atoms with Crippen molar-refractivity contribution in [3.05, 3.63) is 29.3 Å². The second-order valence-corrected chi connectivity index (χ2v) is 5.75. The summed E-state index contributed by atoms with van der Waals surface area (Å²) in [6.45, 7) is 3.19. The molecule has 1 aromatic carbocycles. The summed E-state index contributed by atoms with van der Waals surface area (Å²) >= 11 is 0. The largest absolute Gasteiger partial charge is 0.330 e. The molecule has 1 N–H and O–H groups in total. The maximum Gasteiger partial charge on any atom is 0.103 e. The molecule has 0 aromatic heterocycles. The summed E-state index contributed by atoms with van der Waals surface area (Å²) in [7, 11) is 0. The lowest BCUT2D eigenvalue weighted by Crippen LogP contribution is -2.38. The van der Waals surface area contributed by atoms with E-state index in [1.54, 1.807) is 0 Å².